The summed E-state index contributed by atoms with van der Waals surface area (Å²) in [4.78, 5) is 5.47. The summed E-state index contributed by atoms with van der Waals surface area (Å²) in [6.07, 6.45) is 0.969. The van der Waals surface area contributed by atoms with E-state index in [9.17, 15) is 5.11 Å². The molecule has 2 aromatic rings. The lowest BCUT2D eigenvalue weighted by Gasteiger charge is -1.97. The van der Waals surface area contributed by atoms with Crippen molar-refractivity contribution in [1.29, 1.82) is 0 Å². The maximum atomic E-state index is 9.31. The minimum absolute atomic E-state index is 0.298. The monoisotopic (exact) mass is 237 g/mol. The molecule has 0 saturated carbocycles. The van der Waals surface area contributed by atoms with E-state index in [1.165, 1.54) is 0 Å². The van der Waals surface area contributed by atoms with Crippen LogP contribution in [-0.4, -0.2) is 10.1 Å². The minimum Gasteiger partial charge on any atom is -0.508 e. The van der Waals surface area contributed by atoms with E-state index in [1.54, 1.807) is 35.2 Å². The van der Waals surface area contributed by atoms with Crippen molar-refractivity contribution < 1.29 is 5.11 Å². The molecule has 0 saturated heterocycles. The third kappa shape index (κ3) is 2.73. The van der Waals surface area contributed by atoms with Crippen LogP contribution in [0, 0.1) is 0 Å². The molecule has 0 amide bonds. The lowest BCUT2D eigenvalue weighted by molar-refractivity contribution is 0.474. The molecular formula is C11H11NOS2. The van der Waals surface area contributed by atoms with Crippen molar-refractivity contribution in [1.82, 2.24) is 4.98 Å². The first-order valence-corrected chi connectivity index (χ1v) is 6.39. The van der Waals surface area contributed by atoms with Gasteiger partial charge in [0.15, 0.2) is 4.34 Å². The number of phenols is 1. The van der Waals surface area contributed by atoms with Crippen LogP contribution >= 0.6 is 23.1 Å². The van der Waals surface area contributed by atoms with E-state index in [4.69, 9.17) is 0 Å². The quantitative estimate of drug-likeness (QED) is 0.886. The Bertz CT molecular complexity index is 453. The molecule has 78 valence electrons. The first-order valence-electron chi connectivity index (χ1n) is 4.69. The molecule has 0 fully saturated rings. The Hall–Kier alpha value is -1.00. The number of phenolic OH excluding ortho intramolecular Hbond substituents is 1. The van der Waals surface area contributed by atoms with Crippen LogP contribution in [0.1, 0.15) is 12.6 Å². The maximum absolute atomic E-state index is 9.31. The molecule has 0 spiro atoms. The molecule has 0 aliphatic carbocycles. The highest BCUT2D eigenvalue weighted by molar-refractivity contribution is 8.01. The summed E-state index contributed by atoms with van der Waals surface area (Å²) < 4.78 is 1.03. The average Bonchev–Trinajstić information content (AvgIpc) is 2.65. The van der Waals surface area contributed by atoms with Gasteiger partial charge in [0, 0.05) is 10.3 Å². The van der Waals surface area contributed by atoms with Gasteiger partial charge in [-0.3, -0.25) is 0 Å². The molecule has 1 aromatic heterocycles. The van der Waals surface area contributed by atoms with Crippen molar-refractivity contribution in [3.63, 3.8) is 0 Å². The molecule has 15 heavy (non-hydrogen) atoms. The van der Waals surface area contributed by atoms with Gasteiger partial charge in [0.2, 0.25) is 0 Å². The summed E-state index contributed by atoms with van der Waals surface area (Å²) in [6.45, 7) is 2.10. The topological polar surface area (TPSA) is 33.1 Å². The number of benzene rings is 1. The highest BCUT2D eigenvalue weighted by atomic mass is 32.2. The minimum atomic E-state index is 0.298. The maximum Gasteiger partial charge on any atom is 0.154 e. The second-order valence-corrected chi connectivity index (χ2v) is 5.24. The van der Waals surface area contributed by atoms with Crippen LogP contribution in [0.5, 0.6) is 5.75 Å². The summed E-state index contributed by atoms with van der Waals surface area (Å²) in [5.74, 6) is 0.298. The molecule has 1 aromatic carbocycles. The molecule has 1 heterocycles. The second-order valence-electron chi connectivity index (χ2n) is 3.06. The third-order valence-corrected chi connectivity index (χ3v) is 3.89. The van der Waals surface area contributed by atoms with E-state index in [2.05, 4.69) is 17.3 Å². The number of rotatable bonds is 3. The third-order valence-electron chi connectivity index (χ3n) is 1.92. The predicted octanol–water partition coefficient (Wildman–Crippen LogP) is 3.56. The molecule has 0 aliphatic rings. The zero-order valence-electron chi connectivity index (χ0n) is 8.30. The Labute approximate surface area is 97.0 Å². The molecule has 0 atom stereocenters. The van der Waals surface area contributed by atoms with Crippen molar-refractivity contribution in [2.24, 2.45) is 0 Å². The fourth-order valence-electron chi connectivity index (χ4n) is 1.15. The first-order chi connectivity index (χ1) is 7.28. The lowest BCUT2D eigenvalue weighted by atomic mass is 10.3. The summed E-state index contributed by atoms with van der Waals surface area (Å²) in [6, 6.07) is 7.23. The summed E-state index contributed by atoms with van der Waals surface area (Å²) in [7, 11) is 0. The molecule has 4 heteroatoms. The molecule has 0 aliphatic heterocycles. The van der Waals surface area contributed by atoms with Crippen LogP contribution in [0.4, 0.5) is 0 Å². The molecule has 0 bridgehead atoms. The Morgan fingerprint density at radius 3 is 3.00 bits per heavy atom. The van der Waals surface area contributed by atoms with Gasteiger partial charge in [0.1, 0.15) is 5.75 Å². The number of aromatic hydroxyl groups is 1. The van der Waals surface area contributed by atoms with Crippen molar-refractivity contribution in [3.8, 4) is 5.75 Å². The number of hydrogen-bond acceptors (Lipinski definition) is 4. The second kappa shape index (κ2) is 4.68. The fraction of sp³-hybridized carbons (Fsp3) is 0.182. The number of aromatic nitrogens is 1. The van der Waals surface area contributed by atoms with Gasteiger partial charge in [-0.25, -0.2) is 4.98 Å². The van der Waals surface area contributed by atoms with Crippen LogP contribution in [0.15, 0.2) is 38.9 Å². The van der Waals surface area contributed by atoms with Crippen LogP contribution in [0.3, 0.4) is 0 Å². The molecule has 0 radical (unpaired) electrons. The van der Waals surface area contributed by atoms with E-state index in [0.29, 0.717) is 5.75 Å². The van der Waals surface area contributed by atoms with E-state index in [0.717, 1.165) is 21.3 Å². The zero-order valence-corrected chi connectivity index (χ0v) is 9.94. The van der Waals surface area contributed by atoms with Crippen LogP contribution < -0.4 is 0 Å². The Morgan fingerprint density at radius 1 is 1.47 bits per heavy atom. The van der Waals surface area contributed by atoms with Gasteiger partial charge >= 0.3 is 0 Å². The SMILES string of the molecule is CCc1csc(Sc2cccc(O)c2)n1. The van der Waals surface area contributed by atoms with Gasteiger partial charge in [-0.1, -0.05) is 24.8 Å². The van der Waals surface area contributed by atoms with Crippen LogP contribution in [0.2, 0.25) is 0 Å². The smallest absolute Gasteiger partial charge is 0.154 e. The molecule has 2 nitrogen and oxygen atoms in total. The van der Waals surface area contributed by atoms with Crippen molar-refractivity contribution >= 4 is 23.1 Å². The zero-order chi connectivity index (χ0) is 10.7. The summed E-state index contributed by atoms with van der Waals surface area (Å²) in [5.41, 5.74) is 1.13. The standard InChI is InChI=1S/C11H11NOS2/c1-2-8-7-14-11(12-8)15-10-5-3-4-9(13)6-10/h3-7,13H,2H2,1H3. The van der Waals surface area contributed by atoms with E-state index >= 15 is 0 Å². The van der Waals surface area contributed by atoms with E-state index in [-0.39, 0.29) is 0 Å². The Balaban J connectivity index is 2.14. The molecule has 2 rings (SSSR count). The summed E-state index contributed by atoms with van der Waals surface area (Å²) in [5, 5.41) is 11.4. The lowest BCUT2D eigenvalue weighted by Crippen LogP contribution is -1.78. The number of aryl methyl sites for hydroxylation is 1. The fourth-order valence-corrected chi connectivity index (χ4v) is 3.09. The van der Waals surface area contributed by atoms with E-state index < -0.39 is 0 Å². The average molecular weight is 237 g/mol. The van der Waals surface area contributed by atoms with Gasteiger partial charge in [-0.05, 0) is 24.6 Å². The molecule has 1 N–H and O–H groups in total. The highest BCUT2D eigenvalue weighted by Gasteiger charge is 2.03. The van der Waals surface area contributed by atoms with Gasteiger partial charge in [-0.15, -0.1) is 11.3 Å². The number of hydrogen-bond donors (Lipinski definition) is 1. The predicted molar refractivity (Wildman–Crippen MR) is 63.7 cm³/mol. The van der Waals surface area contributed by atoms with Crippen molar-refractivity contribution in [2.75, 3.05) is 0 Å². The number of nitrogens with zero attached hydrogens (tertiary/aromatic N) is 1. The highest BCUT2D eigenvalue weighted by Crippen LogP contribution is 2.31. The van der Waals surface area contributed by atoms with Gasteiger partial charge in [-0.2, -0.15) is 0 Å². The summed E-state index contributed by atoms with van der Waals surface area (Å²) >= 11 is 3.23. The van der Waals surface area contributed by atoms with Gasteiger partial charge in [0.05, 0.1) is 5.69 Å². The largest absolute Gasteiger partial charge is 0.508 e. The Morgan fingerprint density at radius 2 is 2.33 bits per heavy atom. The van der Waals surface area contributed by atoms with Crippen molar-refractivity contribution in [2.45, 2.75) is 22.6 Å². The Kier molecular flexibility index (Phi) is 3.28. The van der Waals surface area contributed by atoms with Crippen LogP contribution in [-0.2, 0) is 6.42 Å². The normalized spacial score (nSPS) is 10.5. The number of thiazole rings is 1. The van der Waals surface area contributed by atoms with Gasteiger partial charge < -0.3 is 5.11 Å². The molecular weight excluding hydrogens is 226 g/mol. The van der Waals surface area contributed by atoms with Crippen molar-refractivity contribution in [3.05, 3.63) is 35.3 Å². The van der Waals surface area contributed by atoms with Gasteiger partial charge in [0.25, 0.3) is 0 Å². The first kappa shape index (κ1) is 10.5. The van der Waals surface area contributed by atoms with Crippen LogP contribution in [0.25, 0.3) is 0 Å². The molecule has 0 unspecified atom stereocenters. The van der Waals surface area contributed by atoms with E-state index in [1.807, 2.05) is 12.1 Å².